The van der Waals surface area contributed by atoms with Crippen LogP contribution >= 0.6 is 15.9 Å². The quantitative estimate of drug-likeness (QED) is 0.775. The Balaban J connectivity index is 2.52. The molecule has 0 aliphatic carbocycles. The number of rotatable bonds is 1. The summed E-state index contributed by atoms with van der Waals surface area (Å²) in [5.74, 6) is 0.975. The topological polar surface area (TPSA) is 64.9 Å². The van der Waals surface area contributed by atoms with Gasteiger partial charge in [-0.3, -0.25) is 0 Å². The molecular weight excluding hydrogens is 234 g/mol. The molecule has 2 N–H and O–H groups in total. The van der Waals surface area contributed by atoms with Crippen molar-refractivity contribution in [3.05, 3.63) is 29.0 Å². The van der Waals surface area contributed by atoms with Crippen LogP contribution in [0, 0.1) is 0 Å². The van der Waals surface area contributed by atoms with Gasteiger partial charge >= 0.3 is 0 Å². The number of halogens is 1. The number of anilines is 1. The largest absolute Gasteiger partial charge is 0.381 e. The van der Waals surface area contributed by atoms with Gasteiger partial charge in [-0.05, 0) is 28.1 Å². The minimum absolute atomic E-state index is 0.366. The minimum atomic E-state index is 0.366. The van der Waals surface area contributed by atoms with Crippen molar-refractivity contribution in [2.24, 2.45) is 0 Å². The molecule has 0 atom stereocenters. The standard InChI is InChI=1S/C8H6BrN3O/c9-8-5(2-1-3-11-8)6-4-7(10)12-13-6/h1-4H,(H2,10,12). The molecule has 2 heterocycles. The highest BCUT2D eigenvalue weighted by Gasteiger charge is 2.08. The average molecular weight is 240 g/mol. The molecule has 4 nitrogen and oxygen atoms in total. The second-order valence-electron chi connectivity index (χ2n) is 2.46. The lowest BCUT2D eigenvalue weighted by Gasteiger charge is -1.95. The summed E-state index contributed by atoms with van der Waals surface area (Å²) < 4.78 is 5.70. The van der Waals surface area contributed by atoms with E-state index in [1.165, 1.54) is 0 Å². The van der Waals surface area contributed by atoms with E-state index in [0.29, 0.717) is 16.2 Å². The Morgan fingerprint density at radius 3 is 2.92 bits per heavy atom. The van der Waals surface area contributed by atoms with Gasteiger partial charge in [-0.25, -0.2) is 4.98 Å². The molecule has 2 aromatic rings. The molecule has 5 heteroatoms. The van der Waals surface area contributed by atoms with Crippen LogP contribution < -0.4 is 5.73 Å². The highest BCUT2D eigenvalue weighted by molar-refractivity contribution is 9.10. The van der Waals surface area contributed by atoms with Crippen molar-refractivity contribution < 1.29 is 4.52 Å². The normalized spacial score (nSPS) is 10.2. The van der Waals surface area contributed by atoms with Gasteiger partial charge in [-0.1, -0.05) is 5.16 Å². The van der Waals surface area contributed by atoms with Crippen LogP contribution in [0.25, 0.3) is 11.3 Å². The lowest BCUT2D eigenvalue weighted by Crippen LogP contribution is -1.81. The third-order valence-electron chi connectivity index (χ3n) is 1.55. The molecule has 0 spiro atoms. The van der Waals surface area contributed by atoms with Gasteiger partial charge in [0.15, 0.2) is 11.6 Å². The van der Waals surface area contributed by atoms with E-state index in [1.54, 1.807) is 12.3 Å². The van der Waals surface area contributed by atoms with E-state index in [-0.39, 0.29) is 0 Å². The molecule has 66 valence electrons. The molecule has 0 saturated carbocycles. The predicted molar refractivity (Wildman–Crippen MR) is 51.8 cm³/mol. The van der Waals surface area contributed by atoms with E-state index >= 15 is 0 Å². The van der Waals surface area contributed by atoms with Crippen molar-refractivity contribution in [1.29, 1.82) is 0 Å². The fourth-order valence-corrected chi connectivity index (χ4v) is 1.43. The first-order valence-corrected chi connectivity index (χ1v) is 4.40. The van der Waals surface area contributed by atoms with Crippen molar-refractivity contribution >= 4 is 21.7 Å². The monoisotopic (exact) mass is 239 g/mol. The van der Waals surface area contributed by atoms with Crippen LogP contribution in [0.5, 0.6) is 0 Å². The van der Waals surface area contributed by atoms with Crippen molar-refractivity contribution in [2.45, 2.75) is 0 Å². The Bertz CT molecular complexity index is 427. The van der Waals surface area contributed by atoms with Crippen LogP contribution in [-0.4, -0.2) is 10.1 Å². The first kappa shape index (κ1) is 8.25. The van der Waals surface area contributed by atoms with E-state index in [9.17, 15) is 0 Å². The van der Waals surface area contributed by atoms with Crippen LogP contribution in [0.15, 0.2) is 33.5 Å². The Kier molecular flexibility index (Phi) is 2.02. The molecule has 0 radical (unpaired) electrons. The molecule has 0 aromatic carbocycles. The van der Waals surface area contributed by atoms with Crippen molar-refractivity contribution in [2.75, 3.05) is 5.73 Å². The van der Waals surface area contributed by atoms with E-state index in [0.717, 1.165) is 5.56 Å². The maximum absolute atomic E-state index is 5.43. The van der Waals surface area contributed by atoms with Crippen molar-refractivity contribution in [3.8, 4) is 11.3 Å². The van der Waals surface area contributed by atoms with E-state index in [2.05, 4.69) is 26.1 Å². The van der Waals surface area contributed by atoms with E-state index in [4.69, 9.17) is 10.3 Å². The molecule has 0 unspecified atom stereocenters. The average Bonchev–Trinajstić information content (AvgIpc) is 2.53. The summed E-state index contributed by atoms with van der Waals surface area (Å²) >= 11 is 3.30. The minimum Gasteiger partial charge on any atom is -0.381 e. The van der Waals surface area contributed by atoms with E-state index < -0.39 is 0 Å². The van der Waals surface area contributed by atoms with Crippen LogP contribution in [0.3, 0.4) is 0 Å². The smallest absolute Gasteiger partial charge is 0.171 e. The summed E-state index contributed by atoms with van der Waals surface area (Å²) in [5, 5.41) is 3.59. The van der Waals surface area contributed by atoms with Crippen LogP contribution in [-0.2, 0) is 0 Å². The van der Waals surface area contributed by atoms with Gasteiger partial charge in [0, 0.05) is 12.3 Å². The van der Waals surface area contributed by atoms with Crippen LogP contribution in [0.4, 0.5) is 5.82 Å². The number of nitrogen functional groups attached to an aromatic ring is 1. The molecule has 0 fully saturated rings. The molecule has 13 heavy (non-hydrogen) atoms. The number of hydrogen-bond acceptors (Lipinski definition) is 4. The zero-order valence-electron chi connectivity index (χ0n) is 6.57. The lowest BCUT2D eigenvalue weighted by atomic mass is 10.2. The summed E-state index contributed by atoms with van der Waals surface area (Å²) in [4.78, 5) is 4.05. The molecule has 0 aliphatic rings. The number of hydrogen-bond donors (Lipinski definition) is 1. The summed E-state index contributed by atoms with van der Waals surface area (Å²) in [5.41, 5.74) is 6.26. The van der Waals surface area contributed by atoms with Gasteiger partial charge in [0.05, 0.1) is 5.56 Å². The van der Waals surface area contributed by atoms with Gasteiger partial charge in [0.25, 0.3) is 0 Å². The molecule has 2 rings (SSSR count). The van der Waals surface area contributed by atoms with Gasteiger partial charge < -0.3 is 10.3 Å². The zero-order chi connectivity index (χ0) is 9.26. The fraction of sp³-hybridized carbons (Fsp3) is 0. The SMILES string of the molecule is Nc1cc(-c2cccnc2Br)on1. The Hall–Kier alpha value is -1.36. The van der Waals surface area contributed by atoms with E-state index in [1.807, 2.05) is 12.1 Å². The van der Waals surface area contributed by atoms with Crippen LogP contribution in [0.2, 0.25) is 0 Å². The molecule has 0 saturated heterocycles. The first-order chi connectivity index (χ1) is 6.27. The summed E-state index contributed by atoms with van der Waals surface area (Å²) in [6.45, 7) is 0. The molecule has 0 amide bonds. The van der Waals surface area contributed by atoms with Gasteiger partial charge in [0.1, 0.15) is 4.60 Å². The van der Waals surface area contributed by atoms with Gasteiger partial charge in [-0.15, -0.1) is 0 Å². The molecular formula is C8H6BrN3O. The van der Waals surface area contributed by atoms with Crippen molar-refractivity contribution in [1.82, 2.24) is 10.1 Å². The third kappa shape index (κ3) is 1.55. The highest BCUT2D eigenvalue weighted by Crippen LogP contribution is 2.26. The maximum atomic E-state index is 5.43. The fourth-order valence-electron chi connectivity index (χ4n) is 0.986. The van der Waals surface area contributed by atoms with Gasteiger partial charge in [0.2, 0.25) is 0 Å². The third-order valence-corrected chi connectivity index (χ3v) is 2.18. The lowest BCUT2D eigenvalue weighted by molar-refractivity contribution is 0.435. The highest BCUT2D eigenvalue weighted by atomic mass is 79.9. The maximum Gasteiger partial charge on any atom is 0.171 e. The Morgan fingerprint density at radius 2 is 2.31 bits per heavy atom. The van der Waals surface area contributed by atoms with Crippen molar-refractivity contribution in [3.63, 3.8) is 0 Å². The number of nitrogens with zero attached hydrogens (tertiary/aromatic N) is 2. The summed E-state index contributed by atoms with van der Waals surface area (Å²) in [7, 11) is 0. The number of pyridine rings is 1. The van der Waals surface area contributed by atoms with Gasteiger partial charge in [-0.2, -0.15) is 0 Å². The Morgan fingerprint density at radius 1 is 1.46 bits per heavy atom. The number of aromatic nitrogens is 2. The second kappa shape index (κ2) is 3.18. The predicted octanol–water partition coefficient (Wildman–Crippen LogP) is 2.08. The molecule has 2 aromatic heterocycles. The summed E-state index contributed by atoms with van der Waals surface area (Å²) in [6.07, 6.45) is 1.69. The second-order valence-corrected chi connectivity index (χ2v) is 3.21. The molecule has 0 bridgehead atoms. The summed E-state index contributed by atoms with van der Waals surface area (Å²) in [6, 6.07) is 5.34. The molecule has 0 aliphatic heterocycles. The zero-order valence-corrected chi connectivity index (χ0v) is 8.15. The first-order valence-electron chi connectivity index (χ1n) is 3.60. The van der Waals surface area contributed by atoms with Crippen LogP contribution in [0.1, 0.15) is 0 Å². The number of nitrogens with two attached hydrogens (primary N) is 1. The Labute approximate surface area is 82.9 Å².